The zero-order valence-corrected chi connectivity index (χ0v) is 9.98. The zero-order valence-electron chi connectivity index (χ0n) is 9.23. The van der Waals surface area contributed by atoms with Crippen LogP contribution in [-0.4, -0.2) is 16.5 Å². The molecular formula is C13H12ClN3. The molecule has 0 fully saturated rings. The summed E-state index contributed by atoms with van der Waals surface area (Å²) in [5.41, 5.74) is 2.90. The van der Waals surface area contributed by atoms with Crippen LogP contribution in [0.25, 0.3) is 0 Å². The van der Waals surface area contributed by atoms with Crippen LogP contribution in [0.4, 0.5) is 5.82 Å². The molecule has 2 aromatic rings. The summed E-state index contributed by atoms with van der Waals surface area (Å²) in [6.07, 6.45) is 2.80. The molecular weight excluding hydrogens is 234 g/mol. The number of hydrogen-bond acceptors (Lipinski definition) is 3. The maximum atomic E-state index is 5.73. The minimum absolute atomic E-state index is 0.281. The topological polar surface area (TPSA) is 37.8 Å². The van der Waals surface area contributed by atoms with Crippen LogP contribution in [-0.2, 0) is 6.42 Å². The number of fused-ring (bicyclic) bond motifs is 1. The van der Waals surface area contributed by atoms with Gasteiger partial charge >= 0.3 is 0 Å². The van der Waals surface area contributed by atoms with Gasteiger partial charge in [0, 0.05) is 18.7 Å². The van der Waals surface area contributed by atoms with Crippen molar-refractivity contribution in [2.24, 2.45) is 0 Å². The van der Waals surface area contributed by atoms with E-state index in [1.807, 2.05) is 6.07 Å². The average molecular weight is 246 g/mol. The van der Waals surface area contributed by atoms with Crippen molar-refractivity contribution in [3.63, 3.8) is 0 Å². The van der Waals surface area contributed by atoms with Crippen molar-refractivity contribution in [1.29, 1.82) is 0 Å². The molecule has 1 heterocycles. The van der Waals surface area contributed by atoms with Crippen LogP contribution in [0.15, 0.2) is 36.5 Å². The third kappa shape index (κ3) is 2.11. The number of nitrogens with one attached hydrogen (secondary N) is 1. The van der Waals surface area contributed by atoms with Gasteiger partial charge in [0.15, 0.2) is 0 Å². The second-order valence-electron chi connectivity index (χ2n) is 4.19. The average Bonchev–Trinajstić information content (AvgIpc) is 2.30. The maximum Gasteiger partial charge on any atom is 0.224 e. The van der Waals surface area contributed by atoms with E-state index >= 15 is 0 Å². The van der Waals surface area contributed by atoms with Gasteiger partial charge < -0.3 is 5.32 Å². The Balaban J connectivity index is 1.64. The molecule has 0 saturated carbocycles. The molecule has 0 bridgehead atoms. The number of benzene rings is 1. The Morgan fingerprint density at radius 3 is 3.00 bits per heavy atom. The van der Waals surface area contributed by atoms with Gasteiger partial charge in [-0.2, -0.15) is 0 Å². The Bertz CT molecular complexity index is 542. The molecule has 1 aromatic carbocycles. The first-order valence-corrected chi connectivity index (χ1v) is 6.01. The van der Waals surface area contributed by atoms with Gasteiger partial charge in [0.2, 0.25) is 5.28 Å². The third-order valence-corrected chi connectivity index (χ3v) is 3.30. The summed E-state index contributed by atoms with van der Waals surface area (Å²) in [4.78, 5) is 7.95. The molecule has 1 atom stereocenters. The van der Waals surface area contributed by atoms with Crippen molar-refractivity contribution >= 4 is 17.4 Å². The minimum atomic E-state index is 0.281. The molecule has 3 rings (SSSR count). The van der Waals surface area contributed by atoms with E-state index in [9.17, 15) is 0 Å². The summed E-state index contributed by atoms with van der Waals surface area (Å²) < 4.78 is 0. The number of anilines is 1. The summed E-state index contributed by atoms with van der Waals surface area (Å²) in [6.45, 7) is 0.893. The summed E-state index contributed by atoms with van der Waals surface area (Å²) in [5, 5.41) is 3.57. The second kappa shape index (κ2) is 4.34. The van der Waals surface area contributed by atoms with Gasteiger partial charge in [-0.05, 0) is 35.2 Å². The molecule has 0 aliphatic heterocycles. The highest BCUT2D eigenvalue weighted by Gasteiger charge is 2.24. The Hall–Kier alpha value is -1.61. The number of halogens is 1. The monoisotopic (exact) mass is 245 g/mol. The summed E-state index contributed by atoms with van der Waals surface area (Å²) >= 11 is 5.73. The maximum absolute atomic E-state index is 5.73. The number of hydrogen-bond donors (Lipinski definition) is 1. The van der Waals surface area contributed by atoms with E-state index < -0.39 is 0 Å². The zero-order chi connectivity index (χ0) is 11.7. The fourth-order valence-electron chi connectivity index (χ4n) is 2.21. The number of aromatic nitrogens is 2. The number of nitrogens with zero attached hydrogens (tertiary/aromatic N) is 2. The van der Waals surface area contributed by atoms with E-state index in [1.54, 1.807) is 6.20 Å². The van der Waals surface area contributed by atoms with Gasteiger partial charge in [0.25, 0.3) is 0 Å². The van der Waals surface area contributed by atoms with Gasteiger partial charge in [-0.15, -0.1) is 0 Å². The smallest absolute Gasteiger partial charge is 0.224 e. The predicted octanol–water partition coefficient (Wildman–Crippen LogP) is 2.88. The highest BCUT2D eigenvalue weighted by molar-refractivity contribution is 6.28. The normalized spacial score (nSPS) is 17.1. The van der Waals surface area contributed by atoms with Crippen molar-refractivity contribution < 1.29 is 0 Å². The number of rotatable bonds is 3. The van der Waals surface area contributed by atoms with Crippen molar-refractivity contribution in [1.82, 2.24) is 9.97 Å². The second-order valence-corrected chi connectivity index (χ2v) is 4.53. The Kier molecular flexibility index (Phi) is 2.69. The molecule has 0 saturated heterocycles. The Morgan fingerprint density at radius 2 is 2.18 bits per heavy atom. The summed E-state index contributed by atoms with van der Waals surface area (Å²) in [6, 6.07) is 10.4. The largest absolute Gasteiger partial charge is 0.369 e. The first-order chi connectivity index (χ1) is 8.33. The van der Waals surface area contributed by atoms with E-state index in [4.69, 9.17) is 11.6 Å². The first kappa shape index (κ1) is 10.5. The van der Waals surface area contributed by atoms with Crippen molar-refractivity contribution in [2.45, 2.75) is 12.3 Å². The highest BCUT2D eigenvalue weighted by Crippen LogP contribution is 2.34. The molecule has 0 radical (unpaired) electrons. The van der Waals surface area contributed by atoms with Gasteiger partial charge in [0.1, 0.15) is 5.82 Å². The Morgan fingerprint density at radius 1 is 1.29 bits per heavy atom. The van der Waals surface area contributed by atoms with Crippen LogP contribution in [0.5, 0.6) is 0 Å². The van der Waals surface area contributed by atoms with Gasteiger partial charge in [-0.3, -0.25) is 0 Å². The van der Waals surface area contributed by atoms with Gasteiger partial charge in [0.05, 0.1) is 0 Å². The SMILES string of the molecule is Clc1nccc(NCC2Cc3ccccc32)n1. The third-order valence-electron chi connectivity index (χ3n) is 3.12. The molecule has 17 heavy (non-hydrogen) atoms. The van der Waals surface area contributed by atoms with E-state index in [0.717, 1.165) is 18.8 Å². The predicted molar refractivity (Wildman–Crippen MR) is 68.4 cm³/mol. The first-order valence-electron chi connectivity index (χ1n) is 5.63. The standard InChI is InChI=1S/C13H12ClN3/c14-13-15-6-5-12(17-13)16-8-10-7-9-3-1-2-4-11(9)10/h1-6,10H,7-8H2,(H,15,16,17). The molecule has 1 aromatic heterocycles. The fraction of sp³-hybridized carbons (Fsp3) is 0.231. The van der Waals surface area contributed by atoms with Crippen LogP contribution < -0.4 is 5.32 Å². The van der Waals surface area contributed by atoms with E-state index in [-0.39, 0.29) is 5.28 Å². The van der Waals surface area contributed by atoms with Crippen LogP contribution in [0, 0.1) is 0 Å². The summed E-state index contributed by atoms with van der Waals surface area (Å²) in [5.74, 6) is 1.37. The van der Waals surface area contributed by atoms with Gasteiger partial charge in [-0.25, -0.2) is 9.97 Å². The highest BCUT2D eigenvalue weighted by atomic mass is 35.5. The molecule has 1 unspecified atom stereocenters. The minimum Gasteiger partial charge on any atom is -0.369 e. The quantitative estimate of drug-likeness (QED) is 0.845. The van der Waals surface area contributed by atoms with Crippen LogP contribution in [0.2, 0.25) is 5.28 Å². The van der Waals surface area contributed by atoms with Crippen LogP contribution >= 0.6 is 11.6 Å². The van der Waals surface area contributed by atoms with Gasteiger partial charge in [-0.1, -0.05) is 24.3 Å². The van der Waals surface area contributed by atoms with Crippen LogP contribution in [0.1, 0.15) is 17.0 Å². The lowest BCUT2D eigenvalue weighted by atomic mass is 9.78. The molecule has 4 heteroatoms. The van der Waals surface area contributed by atoms with Crippen molar-refractivity contribution in [2.75, 3.05) is 11.9 Å². The lowest BCUT2D eigenvalue weighted by molar-refractivity contribution is 0.634. The van der Waals surface area contributed by atoms with Crippen molar-refractivity contribution in [3.05, 3.63) is 52.9 Å². The van der Waals surface area contributed by atoms with E-state index in [2.05, 4.69) is 39.6 Å². The summed E-state index contributed by atoms with van der Waals surface area (Å²) in [7, 11) is 0. The van der Waals surface area contributed by atoms with Crippen molar-refractivity contribution in [3.8, 4) is 0 Å². The van der Waals surface area contributed by atoms with E-state index in [0.29, 0.717) is 5.92 Å². The molecule has 0 spiro atoms. The van der Waals surface area contributed by atoms with E-state index in [1.165, 1.54) is 11.1 Å². The molecule has 0 amide bonds. The van der Waals surface area contributed by atoms with Crippen LogP contribution in [0.3, 0.4) is 0 Å². The molecule has 1 N–H and O–H groups in total. The molecule has 3 nitrogen and oxygen atoms in total. The Labute approximate surface area is 105 Å². The lowest BCUT2D eigenvalue weighted by Crippen LogP contribution is -2.24. The molecule has 1 aliphatic carbocycles. The lowest BCUT2D eigenvalue weighted by Gasteiger charge is -2.30. The molecule has 86 valence electrons. The molecule has 1 aliphatic rings. The fourth-order valence-corrected chi connectivity index (χ4v) is 2.35.